The Hall–Kier alpha value is -3.14. The lowest BCUT2D eigenvalue weighted by molar-refractivity contribution is -0.135. The van der Waals surface area contributed by atoms with Crippen LogP contribution in [0.3, 0.4) is 0 Å². The van der Waals surface area contributed by atoms with E-state index >= 15 is 0 Å². The van der Waals surface area contributed by atoms with Crippen molar-refractivity contribution in [3.05, 3.63) is 105 Å². The van der Waals surface area contributed by atoms with Crippen molar-refractivity contribution < 1.29 is 38.4 Å². The molecule has 1 heterocycles. The Morgan fingerprint density at radius 1 is 0.649 bits per heavy atom. The molecule has 4 rings (SSSR count). The van der Waals surface area contributed by atoms with E-state index in [-0.39, 0.29) is 16.7 Å². The summed E-state index contributed by atoms with van der Waals surface area (Å²) in [6.07, 6.45) is -5.55. The third kappa shape index (κ3) is 6.80. The number of rotatable bonds is 7. The first-order valence-electron chi connectivity index (χ1n) is 10.9. The predicted octanol–water partition coefficient (Wildman–Crippen LogP) is 4.97. The first-order valence-corrected chi connectivity index (χ1v) is 12.0. The van der Waals surface area contributed by atoms with Gasteiger partial charge in [-0.05, 0) is 72.8 Å². The van der Waals surface area contributed by atoms with Crippen LogP contribution in [-0.4, -0.2) is 54.2 Å². The quantitative estimate of drug-likeness (QED) is 0.316. The maximum absolute atomic E-state index is 12.8. The van der Waals surface area contributed by atoms with Crippen LogP contribution < -0.4 is 0 Å². The second-order valence-electron chi connectivity index (χ2n) is 7.92. The standard InChI is InChI=1S/C26H19Cl3O8/c27-17-7-1-14(2-8-17)23(30)34-13-20-21(36-24(31)15-3-9-18(28)10-4-15)22(26(33)35-20)37-25(32)16-5-11-19(29)12-6-16/h1-12,20-22,26,33H,13H2/t20-,21+,22?,26-/m1/s1. The lowest BCUT2D eigenvalue weighted by Crippen LogP contribution is -2.42. The summed E-state index contributed by atoms with van der Waals surface area (Å²) in [4.78, 5) is 38.0. The summed E-state index contributed by atoms with van der Waals surface area (Å²) in [7, 11) is 0. The number of hydrogen-bond acceptors (Lipinski definition) is 8. The molecule has 0 amide bonds. The molecule has 4 atom stereocenters. The molecular formula is C26H19Cl3O8. The molecule has 192 valence electrons. The lowest BCUT2D eigenvalue weighted by atomic mass is 10.1. The maximum Gasteiger partial charge on any atom is 0.338 e. The smallest absolute Gasteiger partial charge is 0.338 e. The van der Waals surface area contributed by atoms with Gasteiger partial charge in [-0.1, -0.05) is 34.8 Å². The van der Waals surface area contributed by atoms with Gasteiger partial charge >= 0.3 is 17.9 Å². The van der Waals surface area contributed by atoms with Crippen LogP contribution in [0.5, 0.6) is 0 Å². The van der Waals surface area contributed by atoms with Crippen LogP contribution in [0.1, 0.15) is 31.1 Å². The van der Waals surface area contributed by atoms with Gasteiger partial charge in [-0.2, -0.15) is 0 Å². The number of carbonyl (C=O) groups is 3. The van der Waals surface area contributed by atoms with Crippen LogP contribution >= 0.6 is 34.8 Å². The topological polar surface area (TPSA) is 108 Å². The van der Waals surface area contributed by atoms with E-state index in [1.165, 1.54) is 72.8 Å². The summed E-state index contributed by atoms with van der Waals surface area (Å²) in [6, 6.07) is 17.8. The zero-order valence-corrected chi connectivity index (χ0v) is 21.2. The number of hydrogen-bond donors (Lipinski definition) is 1. The van der Waals surface area contributed by atoms with Crippen LogP contribution in [-0.2, 0) is 18.9 Å². The average molecular weight is 566 g/mol. The normalized spacial score (nSPS) is 20.8. The van der Waals surface area contributed by atoms with Crippen LogP contribution in [0.2, 0.25) is 15.1 Å². The van der Waals surface area contributed by atoms with Gasteiger partial charge in [-0.25, -0.2) is 14.4 Å². The number of ether oxygens (including phenoxy) is 4. The van der Waals surface area contributed by atoms with E-state index in [4.69, 9.17) is 53.8 Å². The Morgan fingerprint density at radius 2 is 1.03 bits per heavy atom. The van der Waals surface area contributed by atoms with E-state index in [9.17, 15) is 19.5 Å². The summed E-state index contributed by atoms with van der Waals surface area (Å²) < 4.78 is 21.8. The second-order valence-corrected chi connectivity index (χ2v) is 9.23. The Bertz CT molecular complexity index is 1260. The molecule has 3 aromatic rings. The van der Waals surface area contributed by atoms with Gasteiger partial charge < -0.3 is 24.1 Å². The fourth-order valence-electron chi connectivity index (χ4n) is 3.49. The van der Waals surface area contributed by atoms with E-state index in [1.807, 2.05) is 0 Å². The Kier molecular flexibility index (Phi) is 8.68. The number of aliphatic hydroxyl groups is 1. The average Bonchev–Trinajstić information content (AvgIpc) is 3.17. The molecule has 37 heavy (non-hydrogen) atoms. The van der Waals surface area contributed by atoms with Gasteiger partial charge in [0, 0.05) is 15.1 Å². The van der Waals surface area contributed by atoms with E-state index < -0.39 is 49.1 Å². The Balaban J connectivity index is 1.52. The van der Waals surface area contributed by atoms with E-state index in [2.05, 4.69) is 0 Å². The highest BCUT2D eigenvalue weighted by Gasteiger charge is 2.50. The van der Waals surface area contributed by atoms with Crippen molar-refractivity contribution in [2.75, 3.05) is 6.61 Å². The molecule has 0 spiro atoms. The Morgan fingerprint density at radius 3 is 1.46 bits per heavy atom. The highest BCUT2D eigenvalue weighted by molar-refractivity contribution is 6.31. The largest absolute Gasteiger partial charge is 0.459 e. The molecule has 1 saturated heterocycles. The molecule has 1 fully saturated rings. The van der Waals surface area contributed by atoms with Gasteiger partial charge in [0.05, 0.1) is 16.7 Å². The second kappa shape index (κ2) is 11.9. The van der Waals surface area contributed by atoms with Gasteiger partial charge in [0.15, 0.2) is 18.5 Å². The minimum Gasteiger partial charge on any atom is -0.459 e. The summed E-state index contributed by atoms with van der Waals surface area (Å²) >= 11 is 17.6. The van der Waals surface area contributed by atoms with E-state index in [0.717, 1.165) is 0 Å². The molecule has 0 saturated carbocycles. The molecule has 11 heteroatoms. The molecule has 0 radical (unpaired) electrons. The number of benzene rings is 3. The van der Waals surface area contributed by atoms with Gasteiger partial charge in [0.25, 0.3) is 0 Å². The molecular weight excluding hydrogens is 547 g/mol. The number of halogens is 3. The van der Waals surface area contributed by atoms with Crippen molar-refractivity contribution in [2.24, 2.45) is 0 Å². The minimum absolute atomic E-state index is 0.150. The zero-order valence-electron chi connectivity index (χ0n) is 18.9. The molecule has 1 N–H and O–H groups in total. The SMILES string of the molecule is O=C(OC[C@H]1O[C@@H](O)C(OC(=O)c2ccc(Cl)cc2)[C@H]1OC(=O)c1ccc(Cl)cc1)c1ccc(Cl)cc1. The van der Waals surface area contributed by atoms with Crippen molar-refractivity contribution in [2.45, 2.75) is 24.6 Å². The molecule has 1 aliphatic heterocycles. The summed E-state index contributed by atoms with van der Waals surface area (Å²) in [6.45, 7) is -0.411. The van der Waals surface area contributed by atoms with Crippen molar-refractivity contribution in [3.63, 3.8) is 0 Å². The van der Waals surface area contributed by atoms with Crippen molar-refractivity contribution in [1.82, 2.24) is 0 Å². The van der Waals surface area contributed by atoms with Crippen LogP contribution in [0, 0.1) is 0 Å². The molecule has 3 aromatic carbocycles. The van der Waals surface area contributed by atoms with Crippen molar-refractivity contribution in [1.29, 1.82) is 0 Å². The van der Waals surface area contributed by atoms with E-state index in [0.29, 0.717) is 15.1 Å². The first kappa shape index (κ1) is 26.9. The van der Waals surface area contributed by atoms with Gasteiger partial charge in [-0.3, -0.25) is 0 Å². The molecule has 0 bridgehead atoms. The monoisotopic (exact) mass is 564 g/mol. The minimum atomic E-state index is -1.67. The number of esters is 3. The maximum atomic E-state index is 12.8. The van der Waals surface area contributed by atoms with Crippen LogP contribution in [0.25, 0.3) is 0 Å². The molecule has 0 aliphatic carbocycles. The third-order valence-corrected chi connectivity index (χ3v) is 6.15. The summed E-state index contributed by atoms with van der Waals surface area (Å²) in [5.41, 5.74) is 0.533. The Labute approximate surface area is 226 Å². The molecule has 0 aromatic heterocycles. The zero-order chi connectivity index (χ0) is 26.5. The molecule has 1 unspecified atom stereocenters. The van der Waals surface area contributed by atoms with Gasteiger partial charge in [0.1, 0.15) is 12.7 Å². The highest BCUT2D eigenvalue weighted by atomic mass is 35.5. The van der Waals surface area contributed by atoms with Gasteiger partial charge in [0.2, 0.25) is 0 Å². The predicted molar refractivity (Wildman–Crippen MR) is 134 cm³/mol. The first-order chi connectivity index (χ1) is 17.7. The number of carbonyl (C=O) groups excluding carboxylic acids is 3. The van der Waals surface area contributed by atoms with Gasteiger partial charge in [-0.15, -0.1) is 0 Å². The highest BCUT2D eigenvalue weighted by Crippen LogP contribution is 2.28. The summed E-state index contributed by atoms with van der Waals surface area (Å²) in [5.74, 6) is -2.30. The molecule has 8 nitrogen and oxygen atoms in total. The molecule has 1 aliphatic rings. The van der Waals surface area contributed by atoms with E-state index in [1.54, 1.807) is 0 Å². The van der Waals surface area contributed by atoms with Crippen molar-refractivity contribution in [3.8, 4) is 0 Å². The third-order valence-electron chi connectivity index (χ3n) is 5.39. The fourth-order valence-corrected chi connectivity index (χ4v) is 3.87. The summed E-state index contributed by atoms with van der Waals surface area (Å²) in [5, 5.41) is 11.8. The van der Waals surface area contributed by atoms with Crippen LogP contribution in [0.15, 0.2) is 72.8 Å². The van der Waals surface area contributed by atoms with Crippen LogP contribution in [0.4, 0.5) is 0 Å². The van der Waals surface area contributed by atoms with Crippen molar-refractivity contribution >= 4 is 52.7 Å². The number of aliphatic hydroxyl groups excluding tert-OH is 1. The lowest BCUT2D eigenvalue weighted by Gasteiger charge is -2.23. The fraction of sp³-hybridized carbons (Fsp3) is 0.192.